The smallest absolute Gasteiger partial charge is 0.0843 e. The summed E-state index contributed by atoms with van der Waals surface area (Å²) in [5, 5.41) is 3.57. The van der Waals surface area contributed by atoms with Crippen LogP contribution in [0.2, 0.25) is 0 Å². The van der Waals surface area contributed by atoms with Crippen LogP contribution in [0.25, 0.3) is 0 Å². The molecule has 2 nitrogen and oxygen atoms in total. The van der Waals surface area contributed by atoms with Gasteiger partial charge in [0.15, 0.2) is 0 Å². The van der Waals surface area contributed by atoms with E-state index in [0.717, 1.165) is 23.5 Å². The Labute approximate surface area is 124 Å². The Bertz CT molecular complexity index is 348. The van der Waals surface area contributed by atoms with Gasteiger partial charge in [-0.25, -0.2) is 0 Å². The van der Waals surface area contributed by atoms with E-state index in [1.165, 1.54) is 34.6 Å². The maximum absolute atomic E-state index is 3.57. The third-order valence-electron chi connectivity index (χ3n) is 3.15. The van der Waals surface area contributed by atoms with Gasteiger partial charge in [0.2, 0.25) is 0 Å². The third kappa shape index (κ3) is 4.31. The van der Waals surface area contributed by atoms with Crippen molar-refractivity contribution in [3.63, 3.8) is 0 Å². The molecule has 2 rings (SSSR count). The average molecular weight is 382 g/mol. The van der Waals surface area contributed by atoms with E-state index in [2.05, 4.69) is 55.2 Å². The molecule has 1 N–H and O–H groups in total. The number of hydrogen-bond donors (Lipinski definition) is 1. The predicted molar refractivity (Wildman–Crippen MR) is 81.6 cm³/mol. The van der Waals surface area contributed by atoms with Crippen molar-refractivity contribution in [1.82, 2.24) is 10.2 Å². The van der Waals surface area contributed by atoms with Gasteiger partial charge in [0.05, 0.1) is 3.79 Å². The largest absolute Gasteiger partial charge is 0.312 e. The first kappa shape index (κ1) is 14.0. The minimum absolute atomic E-state index is 0.820. The molecule has 0 aliphatic carbocycles. The highest BCUT2D eigenvalue weighted by Crippen LogP contribution is 2.32. The van der Waals surface area contributed by atoms with Crippen LogP contribution < -0.4 is 5.32 Å². The lowest BCUT2D eigenvalue weighted by Crippen LogP contribution is -2.37. The molecule has 0 aromatic carbocycles. The van der Waals surface area contributed by atoms with Crippen molar-refractivity contribution >= 4 is 43.2 Å². The SMILES string of the molecule is CN1CCCC(CNCc2cc(Br)c(Br)s2)C1. The monoisotopic (exact) mass is 380 g/mol. The second-order valence-corrected chi connectivity index (χ2v) is 8.04. The van der Waals surface area contributed by atoms with Crippen LogP contribution in [0.5, 0.6) is 0 Å². The normalized spacial score (nSPS) is 21.9. The molecule has 0 radical (unpaired) electrons. The van der Waals surface area contributed by atoms with Gasteiger partial charge in [-0.15, -0.1) is 11.3 Å². The molecular formula is C12H18Br2N2S. The number of piperidine rings is 1. The molecule has 1 aliphatic rings. The molecule has 0 bridgehead atoms. The summed E-state index contributed by atoms with van der Waals surface area (Å²) in [6.45, 7) is 4.62. The van der Waals surface area contributed by atoms with Gasteiger partial charge in [-0.05, 0) is 76.8 Å². The van der Waals surface area contributed by atoms with Gasteiger partial charge < -0.3 is 10.2 Å². The summed E-state index contributed by atoms with van der Waals surface area (Å²) >= 11 is 8.85. The lowest BCUT2D eigenvalue weighted by atomic mass is 9.98. The Balaban J connectivity index is 1.72. The summed E-state index contributed by atoms with van der Waals surface area (Å²) in [6, 6.07) is 2.19. The predicted octanol–water partition coefficient (Wildman–Crippen LogP) is 3.70. The number of hydrogen-bond acceptors (Lipinski definition) is 3. The number of rotatable bonds is 4. The molecule has 17 heavy (non-hydrogen) atoms. The van der Waals surface area contributed by atoms with E-state index in [1.54, 1.807) is 11.3 Å². The molecule has 5 heteroatoms. The highest BCUT2D eigenvalue weighted by molar-refractivity contribution is 9.13. The topological polar surface area (TPSA) is 15.3 Å². The fourth-order valence-electron chi connectivity index (χ4n) is 2.32. The quantitative estimate of drug-likeness (QED) is 0.855. The Morgan fingerprint density at radius 1 is 1.53 bits per heavy atom. The molecule has 0 amide bonds. The minimum Gasteiger partial charge on any atom is -0.312 e. The Morgan fingerprint density at radius 3 is 3.00 bits per heavy atom. The first-order chi connectivity index (χ1) is 8.15. The maximum Gasteiger partial charge on any atom is 0.0843 e. The molecule has 0 saturated carbocycles. The van der Waals surface area contributed by atoms with Crippen LogP contribution in [-0.2, 0) is 6.54 Å². The van der Waals surface area contributed by atoms with Gasteiger partial charge in [-0.2, -0.15) is 0 Å². The van der Waals surface area contributed by atoms with Crippen molar-refractivity contribution in [1.29, 1.82) is 0 Å². The Hall–Kier alpha value is 0.580. The summed E-state index contributed by atoms with van der Waals surface area (Å²) in [7, 11) is 2.22. The van der Waals surface area contributed by atoms with E-state index in [4.69, 9.17) is 0 Å². The van der Waals surface area contributed by atoms with Gasteiger partial charge in [0.25, 0.3) is 0 Å². The standard InChI is InChI=1S/C12H18Br2N2S/c1-16-4-2-3-9(8-16)6-15-7-10-5-11(13)12(14)17-10/h5,9,15H,2-4,6-8H2,1H3. The third-order valence-corrected chi connectivity index (χ3v) is 6.41. The number of nitrogens with zero attached hydrogens (tertiary/aromatic N) is 1. The first-order valence-corrected chi connectivity index (χ1v) is 8.38. The lowest BCUT2D eigenvalue weighted by molar-refractivity contribution is 0.206. The van der Waals surface area contributed by atoms with E-state index >= 15 is 0 Å². The lowest BCUT2D eigenvalue weighted by Gasteiger charge is -2.29. The van der Waals surface area contributed by atoms with Crippen LogP contribution in [0, 0.1) is 5.92 Å². The Morgan fingerprint density at radius 2 is 2.35 bits per heavy atom. The maximum atomic E-state index is 3.57. The number of likely N-dealkylation sites (tertiary alicyclic amines) is 1. The highest BCUT2D eigenvalue weighted by atomic mass is 79.9. The molecule has 1 aliphatic heterocycles. The summed E-state index contributed by atoms with van der Waals surface area (Å²) in [4.78, 5) is 3.82. The van der Waals surface area contributed by atoms with Crippen molar-refractivity contribution in [3.8, 4) is 0 Å². The van der Waals surface area contributed by atoms with E-state index in [-0.39, 0.29) is 0 Å². The molecule has 1 unspecified atom stereocenters. The zero-order valence-electron chi connectivity index (χ0n) is 10.0. The summed E-state index contributed by atoms with van der Waals surface area (Å²) in [5.74, 6) is 0.820. The summed E-state index contributed by atoms with van der Waals surface area (Å²) < 4.78 is 2.35. The molecule has 1 aromatic heterocycles. The van der Waals surface area contributed by atoms with Crippen LogP contribution in [0.4, 0.5) is 0 Å². The van der Waals surface area contributed by atoms with Gasteiger partial charge in [-0.3, -0.25) is 0 Å². The fourth-order valence-corrected chi connectivity index (χ4v) is 4.46. The summed E-state index contributed by atoms with van der Waals surface area (Å²) in [5.41, 5.74) is 0. The van der Waals surface area contributed by atoms with Crippen molar-refractivity contribution in [2.45, 2.75) is 19.4 Å². The molecule has 1 fully saturated rings. The van der Waals surface area contributed by atoms with Crippen LogP contribution in [0.1, 0.15) is 17.7 Å². The minimum atomic E-state index is 0.820. The zero-order valence-corrected chi connectivity index (χ0v) is 14.0. The fraction of sp³-hybridized carbons (Fsp3) is 0.667. The van der Waals surface area contributed by atoms with Crippen molar-refractivity contribution in [2.24, 2.45) is 5.92 Å². The van der Waals surface area contributed by atoms with Crippen molar-refractivity contribution in [3.05, 3.63) is 19.2 Å². The van der Waals surface area contributed by atoms with Crippen molar-refractivity contribution in [2.75, 3.05) is 26.7 Å². The second kappa shape index (κ2) is 6.66. The van der Waals surface area contributed by atoms with Gasteiger partial charge in [0.1, 0.15) is 0 Å². The van der Waals surface area contributed by atoms with Crippen LogP contribution >= 0.6 is 43.2 Å². The molecule has 1 atom stereocenters. The molecular weight excluding hydrogens is 364 g/mol. The van der Waals surface area contributed by atoms with E-state index in [9.17, 15) is 0 Å². The molecule has 96 valence electrons. The Kier molecular flexibility index (Phi) is 5.49. The average Bonchev–Trinajstić information content (AvgIpc) is 2.58. The second-order valence-electron chi connectivity index (χ2n) is 4.74. The van der Waals surface area contributed by atoms with Gasteiger partial charge in [0, 0.05) is 22.4 Å². The molecule has 1 aromatic rings. The molecule has 1 saturated heterocycles. The molecule has 2 heterocycles. The zero-order chi connectivity index (χ0) is 12.3. The van der Waals surface area contributed by atoms with Gasteiger partial charge in [-0.1, -0.05) is 0 Å². The first-order valence-electron chi connectivity index (χ1n) is 5.98. The number of halogens is 2. The van der Waals surface area contributed by atoms with Gasteiger partial charge >= 0.3 is 0 Å². The van der Waals surface area contributed by atoms with Crippen molar-refractivity contribution < 1.29 is 0 Å². The van der Waals surface area contributed by atoms with E-state index < -0.39 is 0 Å². The number of nitrogens with one attached hydrogen (secondary N) is 1. The van der Waals surface area contributed by atoms with Crippen LogP contribution in [0.15, 0.2) is 14.3 Å². The summed E-state index contributed by atoms with van der Waals surface area (Å²) in [6.07, 6.45) is 2.72. The molecule has 0 spiro atoms. The van der Waals surface area contributed by atoms with E-state index in [0.29, 0.717) is 0 Å². The van der Waals surface area contributed by atoms with E-state index in [1.807, 2.05) is 0 Å². The highest BCUT2D eigenvalue weighted by Gasteiger charge is 2.16. The number of thiophene rings is 1. The van der Waals surface area contributed by atoms with Crippen LogP contribution in [0.3, 0.4) is 0 Å². The van der Waals surface area contributed by atoms with Crippen LogP contribution in [-0.4, -0.2) is 31.6 Å².